The van der Waals surface area contributed by atoms with Crippen molar-refractivity contribution in [3.05, 3.63) is 0 Å². The maximum absolute atomic E-state index is 10.2. The van der Waals surface area contributed by atoms with Gasteiger partial charge in [-0.3, -0.25) is 0 Å². The predicted molar refractivity (Wildman–Crippen MR) is 30.5 cm³/mol. The van der Waals surface area contributed by atoms with E-state index in [0.29, 0.717) is 5.78 Å². The first-order chi connectivity index (χ1) is 3.27. The summed E-state index contributed by atoms with van der Waals surface area (Å²) in [5.41, 5.74) is 0. The molecule has 0 N–H and O–H groups in total. The monoisotopic (exact) mass is 205 g/mol. The summed E-state index contributed by atoms with van der Waals surface area (Å²) in [6.45, 7) is 1.64. The Kier molecular flexibility index (Phi) is 4.93. The minimum absolute atomic E-state index is 0.322. The minimum atomic E-state index is 0.322. The third kappa shape index (κ3) is 6.47. The second-order valence-electron chi connectivity index (χ2n) is 1.56. The zero-order valence-electron chi connectivity index (χ0n) is 4.53. The van der Waals surface area contributed by atoms with E-state index >= 15 is 0 Å². The summed E-state index contributed by atoms with van der Waals surface area (Å²) >= 11 is 1.54. The fourth-order valence-corrected chi connectivity index (χ4v) is 0.842. The maximum atomic E-state index is 10.2. The molecule has 2 heteroatoms. The number of Topliss-reactive ketones (excluding diaryl/α,β-unsaturated/α-hetero) is 1. The van der Waals surface area contributed by atoms with Crippen molar-refractivity contribution in [2.24, 2.45) is 0 Å². The van der Waals surface area contributed by atoms with Crippen molar-refractivity contribution in [2.75, 3.05) is 0 Å². The number of carbonyl (C=O) groups excluding carboxylic acids is 1. The van der Waals surface area contributed by atoms with Gasteiger partial charge >= 0.3 is 57.3 Å². The van der Waals surface area contributed by atoms with Crippen LogP contribution < -0.4 is 0 Å². The van der Waals surface area contributed by atoms with Crippen molar-refractivity contribution < 1.29 is 4.79 Å². The van der Waals surface area contributed by atoms with Crippen molar-refractivity contribution >= 4 is 28.3 Å². The molecule has 0 aromatic carbocycles. The molecule has 0 fully saturated rings. The van der Waals surface area contributed by atoms with Crippen LogP contribution in [-0.2, 0) is 4.79 Å². The second kappa shape index (κ2) is 4.62. The average Bonchev–Trinajstić information content (AvgIpc) is 1.61. The quantitative estimate of drug-likeness (QED) is 0.625. The Balaban J connectivity index is 2.82. The first-order valence-electron chi connectivity index (χ1n) is 2.41. The molecule has 0 atom stereocenters. The average molecular weight is 204 g/mol. The van der Waals surface area contributed by atoms with E-state index in [2.05, 4.69) is 0 Å². The van der Waals surface area contributed by atoms with E-state index in [4.69, 9.17) is 0 Å². The van der Waals surface area contributed by atoms with Crippen LogP contribution in [0.4, 0.5) is 0 Å². The zero-order valence-corrected chi connectivity index (χ0v) is 7.38. The van der Waals surface area contributed by atoms with E-state index in [0.717, 1.165) is 12.8 Å². The van der Waals surface area contributed by atoms with Crippen LogP contribution in [0.25, 0.3) is 0 Å². The van der Waals surface area contributed by atoms with Gasteiger partial charge in [-0.1, -0.05) is 0 Å². The van der Waals surface area contributed by atoms with Gasteiger partial charge in [0.05, 0.1) is 0 Å². The molecule has 7 heavy (non-hydrogen) atoms. The van der Waals surface area contributed by atoms with Gasteiger partial charge < -0.3 is 0 Å². The van der Waals surface area contributed by atoms with Crippen molar-refractivity contribution in [1.29, 1.82) is 0 Å². The van der Waals surface area contributed by atoms with Crippen LogP contribution in [0.1, 0.15) is 19.8 Å². The molecule has 0 saturated heterocycles. The Morgan fingerprint density at radius 3 is 2.43 bits per heavy atom. The molecule has 0 aliphatic carbocycles. The summed E-state index contributed by atoms with van der Waals surface area (Å²) in [6.07, 6.45) is 1.87. The number of hydrogen-bond acceptors (Lipinski definition) is 1. The van der Waals surface area contributed by atoms with E-state index in [1.54, 1.807) is 6.92 Å². The molecule has 0 aromatic heterocycles. The number of carbonyl (C=O) groups is 1. The van der Waals surface area contributed by atoms with Crippen molar-refractivity contribution in [2.45, 2.75) is 24.2 Å². The Morgan fingerprint density at radius 1 is 1.71 bits per heavy atom. The van der Waals surface area contributed by atoms with Gasteiger partial charge in [-0.15, -0.1) is 0 Å². The molecule has 0 radical (unpaired) electrons. The Labute approximate surface area is 57.6 Å². The van der Waals surface area contributed by atoms with Crippen LogP contribution >= 0.6 is 0 Å². The van der Waals surface area contributed by atoms with Gasteiger partial charge in [0, 0.05) is 0 Å². The van der Waals surface area contributed by atoms with E-state index in [-0.39, 0.29) is 0 Å². The van der Waals surface area contributed by atoms with Crippen LogP contribution in [0, 0.1) is 0 Å². The first kappa shape index (κ1) is 7.47. The molecule has 0 heterocycles. The van der Waals surface area contributed by atoms with Gasteiger partial charge in [0.2, 0.25) is 0 Å². The van der Waals surface area contributed by atoms with Crippen molar-refractivity contribution in [3.8, 4) is 0 Å². The molecule has 0 unspecified atom stereocenters. The van der Waals surface area contributed by atoms with Crippen LogP contribution in [-0.4, -0.2) is 28.3 Å². The molecular formula is C5H9OSn+3. The van der Waals surface area contributed by atoms with Crippen LogP contribution in [0.3, 0.4) is 0 Å². The van der Waals surface area contributed by atoms with E-state index in [1.165, 1.54) is 27.0 Å². The predicted octanol–water partition coefficient (Wildman–Crippen LogP) is 0.942. The normalized spacial score (nSPS) is 9.00. The molecule has 0 aromatic rings. The van der Waals surface area contributed by atoms with E-state index in [9.17, 15) is 4.79 Å². The van der Waals surface area contributed by atoms with Gasteiger partial charge in [0.25, 0.3) is 0 Å². The summed E-state index contributed by atoms with van der Waals surface area (Å²) < 4.78 is 1.21. The fourth-order valence-electron chi connectivity index (χ4n) is 0.337. The summed E-state index contributed by atoms with van der Waals surface area (Å²) in [6, 6.07) is 0. The van der Waals surface area contributed by atoms with E-state index in [1.807, 2.05) is 0 Å². The van der Waals surface area contributed by atoms with Crippen LogP contribution in [0.15, 0.2) is 0 Å². The molecular weight excluding hydrogens is 195 g/mol. The van der Waals surface area contributed by atoms with Gasteiger partial charge in [0.15, 0.2) is 0 Å². The Hall–Kier alpha value is 0.469. The van der Waals surface area contributed by atoms with Gasteiger partial charge in [-0.05, 0) is 0 Å². The molecule has 1 nitrogen and oxygen atoms in total. The zero-order chi connectivity index (χ0) is 5.70. The Bertz CT molecular complexity index is 61.1. The number of hydrogen-bond donors (Lipinski definition) is 0. The summed E-state index contributed by atoms with van der Waals surface area (Å²) in [7, 11) is 0. The van der Waals surface area contributed by atoms with Crippen molar-refractivity contribution in [3.63, 3.8) is 0 Å². The van der Waals surface area contributed by atoms with Crippen LogP contribution in [0.5, 0.6) is 0 Å². The van der Waals surface area contributed by atoms with Gasteiger partial charge in [-0.25, -0.2) is 0 Å². The number of ketones is 1. The van der Waals surface area contributed by atoms with Crippen molar-refractivity contribution in [1.82, 2.24) is 0 Å². The molecule has 0 spiro atoms. The molecule has 0 bridgehead atoms. The standard InChI is InChI=1S/C5H9O.Sn/c1-3-4-5(2)6;/h1,3-4H2,2H3;/q;+3. The summed E-state index contributed by atoms with van der Waals surface area (Å²) in [4.78, 5) is 10.2. The molecule has 0 saturated carbocycles. The third-order valence-electron chi connectivity index (χ3n) is 0.706. The first-order valence-corrected chi connectivity index (χ1v) is 4.43. The third-order valence-corrected chi connectivity index (χ3v) is 1.71. The summed E-state index contributed by atoms with van der Waals surface area (Å²) in [5.74, 6) is 0.322. The number of rotatable bonds is 3. The molecule has 0 aliphatic heterocycles. The van der Waals surface area contributed by atoms with Gasteiger partial charge in [-0.2, -0.15) is 0 Å². The molecule has 0 amide bonds. The fraction of sp³-hybridized carbons (Fsp3) is 0.800. The SMILES string of the molecule is CC(=O)CC[CH2][Sn+3]. The summed E-state index contributed by atoms with van der Waals surface area (Å²) in [5, 5.41) is 0. The molecule has 0 aliphatic rings. The Morgan fingerprint density at radius 2 is 2.29 bits per heavy atom. The molecule has 36 valence electrons. The van der Waals surface area contributed by atoms with E-state index < -0.39 is 0 Å². The van der Waals surface area contributed by atoms with Gasteiger partial charge in [0.1, 0.15) is 0 Å². The molecule has 0 rings (SSSR count). The second-order valence-corrected chi connectivity index (χ2v) is 2.98. The van der Waals surface area contributed by atoms with Crippen LogP contribution in [0.2, 0.25) is 4.44 Å². The topological polar surface area (TPSA) is 17.1 Å².